The van der Waals surface area contributed by atoms with Crippen LogP contribution in [0, 0.1) is 0 Å². The molecule has 0 amide bonds. The van der Waals surface area contributed by atoms with Crippen molar-refractivity contribution in [3.8, 4) is 51.6 Å². The van der Waals surface area contributed by atoms with E-state index in [-0.39, 0.29) is 0 Å². The maximum absolute atomic E-state index is 6.65. The molecule has 0 radical (unpaired) electrons. The average molecular weight is 1720 g/mol. The molecule has 0 saturated heterocycles. The summed E-state index contributed by atoms with van der Waals surface area (Å²) in [4.78, 5) is 31.8. The van der Waals surface area contributed by atoms with Gasteiger partial charge in [-0.05, 0) is 192 Å². The molecular formula is C120H69N9OS2. The Hall–Kier alpha value is -17.2. The first-order valence-electron chi connectivity index (χ1n) is 44.5. The SMILES string of the molecule is c1ccc2cc3c(cc2c1)c1ccccc1n3-c1nc(-c2cc3ccccc3c3c2oc2ccccc23)c2ccccc2n1.c1ccc2cc3c(cc2c1)c1ccccc1n3-c1nc(-c2ccc3cc4sc5ccccc5c4cc3c2)c2ccccc2n1.c1ccc2cc3c(cc2c1)c1ccccc1n3-c1nc(-c2cccc3cc4sc5ccccc5c4cc23)c2ccccc2n1. The molecule has 30 aromatic rings. The molecule has 0 spiro atoms. The number of fused-ring (bicyclic) bond motifs is 28. The highest BCUT2D eigenvalue weighted by Gasteiger charge is 2.26. The van der Waals surface area contributed by atoms with Gasteiger partial charge in [-0.15, -0.1) is 22.7 Å². The monoisotopic (exact) mass is 1720 g/mol. The third-order valence-electron chi connectivity index (χ3n) is 26.9. The van der Waals surface area contributed by atoms with Crippen LogP contribution in [0.3, 0.4) is 0 Å². The van der Waals surface area contributed by atoms with Gasteiger partial charge in [-0.3, -0.25) is 13.7 Å². The van der Waals surface area contributed by atoms with Gasteiger partial charge in [-0.2, -0.15) is 0 Å². The molecule has 10 nitrogen and oxygen atoms in total. The number of aromatic nitrogens is 9. The van der Waals surface area contributed by atoms with Gasteiger partial charge < -0.3 is 4.42 Å². The van der Waals surface area contributed by atoms with Crippen LogP contribution >= 0.6 is 22.7 Å². The summed E-state index contributed by atoms with van der Waals surface area (Å²) in [7, 11) is 0. The molecule has 0 unspecified atom stereocenters. The largest absolute Gasteiger partial charge is 0.455 e. The van der Waals surface area contributed by atoms with E-state index in [0.717, 1.165) is 127 Å². The molecule has 0 fully saturated rings. The van der Waals surface area contributed by atoms with Crippen LogP contribution in [0.2, 0.25) is 0 Å². The predicted octanol–water partition coefficient (Wildman–Crippen LogP) is 32.7. The summed E-state index contributed by atoms with van der Waals surface area (Å²) >= 11 is 3.71. The molecule has 0 bridgehead atoms. The number of nitrogens with zero attached hydrogens (tertiary/aromatic N) is 9. The Labute approximate surface area is 760 Å². The zero-order valence-electron chi connectivity index (χ0n) is 70.6. The molecule has 0 aliphatic carbocycles. The fraction of sp³-hybridized carbons (Fsp3) is 0. The molecule has 612 valence electrons. The number of hydrogen-bond donors (Lipinski definition) is 0. The van der Waals surface area contributed by atoms with Crippen molar-refractivity contribution in [3.63, 3.8) is 0 Å². The highest BCUT2D eigenvalue weighted by molar-refractivity contribution is 7.26. The topological polar surface area (TPSA) is 105 Å². The zero-order valence-corrected chi connectivity index (χ0v) is 72.2. The van der Waals surface area contributed by atoms with Crippen molar-refractivity contribution in [2.75, 3.05) is 0 Å². The Bertz CT molecular complexity index is 10200. The number of para-hydroxylation sites is 7. The standard InChI is InChI=1S/C40H23N3O.2C40H23N3S/c1-2-12-25-23-35-31(21-24(25)11-1)28-15-6-9-19-34(28)43(35)40-41-33-18-8-5-16-29(33)38(42-40)32-22-26-13-3-4-14-27(26)37-30-17-7-10-20-36(30)44-39(32)37;1-2-11-25-21-36-32(20-24(25)10-1)27-13-4-7-18-35(27)43(36)40-41-34-17-6-3-15-30(34)39(42-40)29-16-9-12-26-22-38-33(23-31(26)29)28-14-5-8-19-37(28)44-38;1-2-10-25-22-36-32(20-24(25)9-1)29-11-4-7-15-35(29)43(36)40-41-34-14-6-3-13-31(34)39(42-40)27-18-17-26-23-38-33(21-28(26)19-27)30-12-5-8-16-37(30)44-38/h3*1-23H. The first-order chi connectivity index (χ1) is 65.4. The third-order valence-corrected chi connectivity index (χ3v) is 29.1. The quantitative estimate of drug-likeness (QED) is 0.163. The minimum absolute atomic E-state index is 0.637. The summed E-state index contributed by atoms with van der Waals surface area (Å²) in [6.07, 6.45) is 0. The fourth-order valence-corrected chi connectivity index (χ4v) is 23.1. The van der Waals surface area contributed by atoms with Crippen molar-refractivity contribution >= 4 is 248 Å². The molecule has 30 rings (SSSR count). The first kappa shape index (κ1) is 74.0. The third kappa shape index (κ3) is 11.6. The number of benzene rings is 21. The molecule has 21 aromatic carbocycles. The molecule has 0 N–H and O–H groups in total. The smallest absolute Gasteiger partial charge is 0.235 e. The Morgan fingerprint density at radius 1 is 0.189 bits per heavy atom. The van der Waals surface area contributed by atoms with E-state index in [0.29, 0.717) is 17.8 Å². The fourth-order valence-electron chi connectivity index (χ4n) is 20.8. The van der Waals surface area contributed by atoms with Crippen LogP contribution in [0.4, 0.5) is 0 Å². The highest BCUT2D eigenvalue weighted by atomic mass is 32.1. The van der Waals surface area contributed by atoms with Crippen molar-refractivity contribution in [3.05, 3.63) is 419 Å². The van der Waals surface area contributed by atoms with Gasteiger partial charge in [0.2, 0.25) is 17.8 Å². The lowest BCUT2D eigenvalue weighted by Gasteiger charge is -2.13. The van der Waals surface area contributed by atoms with Crippen molar-refractivity contribution < 1.29 is 4.42 Å². The molecule has 0 atom stereocenters. The van der Waals surface area contributed by atoms with Gasteiger partial charge in [0.15, 0.2) is 0 Å². The first-order valence-corrected chi connectivity index (χ1v) is 46.1. The lowest BCUT2D eigenvalue weighted by Crippen LogP contribution is -2.03. The van der Waals surface area contributed by atoms with Gasteiger partial charge in [0.25, 0.3) is 0 Å². The van der Waals surface area contributed by atoms with Gasteiger partial charge in [0, 0.05) is 116 Å². The molecule has 132 heavy (non-hydrogen) atoms. The molecule has 9 heterocycles. The van der Waals surface area contributed by atoms with Crippen LogP contribution in [0.5, 0.6) is 0 Å². The van der Waals surface area contributed by atoms with Crippen LogP contribution in [0.15, 0.2) is 423 Å². The van der Waals surface area contributed by atoms with Crippen LogP contribution in [-0.2, 0) is 0 Å². The second-order valence-electron chi connectivity index (χ2n) is 34.3. The van der Waals surface area contributed by atoms with Crippen LogP contribution in [-0.4, -0.2) is 43.6 Å². The second-order valence-corrected chi connectivity index (χ2v) is 36.5. The average Bonchev–Trinajstić information content (AvgIpc) is 1.56. The summed E-state index contributed by atoms with van der Waals surface area (Å²) in [6, 6.07) is 149. The van der Waals surface area contributed by atoms with Crippen molar-refractivity contribution in [1.29, 1.82) is 0 Å². The summed E-state index contributed by atoms with van der Waals surface area (Å²) in [5.74, 6) is 2.00. The molecule has 12 heteroatoms. The van der Waals surface area contributed by atoms with Gasteiger partial charge in [-0.1, -0.05) is 291 Å². The predicted molar refractivity (Wildman–Crippen MR) is 556 cm³/mol. The van der Waals surface area contributed by atoms with Gasteiger partial charge >= 0.3 is 0 Å². The summed E-state index contributed by atoms with van der Waals surface area (Å²) in [6.45, 7) is 0. The Morgan fingerprint density at radius 3 is 1.05 bits per heavy atom. The zero-order chi connectivity index (χ0) is 86.3. The summed E-state index contributed by atoms with van der Waals surface area (Å²) < 4.78 is 18.6. The van der Waals surface area contributed by atoms with E-state index in [1.54, 1.807) is 0 Å². The van der Waals surface area contributed by atoms with Crippen molar-refractivity contribution in [2.24, 2.45) is 0 Å². The number of furan rings is 1. The maximum atomic E-state index is 6.65. The number of hydrogen-bond acceptors (Lipinski definition) is 9. The normalized spacial score (nSPS) is 12.1. The van der Waals surface area contributed by atoms with E-state index in [1.807, 2.05) is 40.9 Å². The summed E-state index contributed by atoms with van der Waals surface area (Å²) in [5, 5.41) is 32.1. The van der Waals surface area contributed by atoms with Crippen LogP contribution < -0.4 is 0 Å². The lowest BCUT2D eigenvalue weighted by molar-refractivity contribution is 0.670. The van der Waals surface area contributed by atoms with E-state index in [2.05, 4.69) is 414 Å². The second kappa shape index (κ2) is 29.2. The van der Waals surface area contributed by atoms with E-state index in [4.69, 9.17) is 34.3 Å². The Balaban J connectivity index is 0.0000000991. The molecule has 0 aliphatic rings. The minimum atomic E-state index is 0.637. The highest BCUT2D eigenvalue weighted by Crippen LogP contribution is 2.48. The van der Waals surface area contributed by atoms with Gasteiger partial charge in [0.1, 0.15) is 11.2 Å². The van der Waals surface area contributed by atoms with E-state index >= 15 is 0 Å². The van der Waals surface area contributed by atoms with Crippen LogP contribution in [0.1, 0.15) is 0 Å². The molecular weight excluding hydrogens is 1650 g/mol. The Kier molecular flexibility index (Phi) is 16.4. The minimum Gasteiger partial charge on any atom is -0.455 e. The number of rotatable bonds is 6. The van der Waals surface area contributed by atoms with Crippen LogP contribution in [0.25, 0.3) is 277 Å². The number of thiophene rings is 2. The Morgan fingerprint density at radius 2 is 0.545 bits per heavy atom. The van der Waals surface area contributed by atoms with E-state index < -0.39 is 0 Å². The molecule has 0 saturated carbocycles. The molecule has 9 aromatic heterocycles. The van der Waals surface area contributed by atoms with E-state index in [1.165, 1.54) is 132 Å². The lowest BCUT2D eigenvalue weighted by atomic mass is 9.97. The maximum Gasteiger partial charge on any atom is 0.235 e. The van der Waals surface area contributed by atoms with Crippen molar-refractivity contribution in [2.45, 2.75) is 0 Å². The van der Waals surface area contributed by atoms with Gasteiger partial charge in [0.05, 0.1) is 66.7 Å². The van der Waals surface area contributed by atoms with Gasteiger partial charge in [-0.25, -0.2) is 29.9 Å². The molecule has 0 aliphatic heterocycles. The summed E-state index contributed by atoms with van der Waals surface area (Å²) in [5.41, 5.74) is 16.9. The van der Waals surface area contributed by atoms with Crippen molar-refractivity contribution in [1.82, 2.24) is 43.6 Å². The van der Waals surface area contributed by atoms with E-state index in [9.17, 15) is 0 Å².